The molecule has 2 aromatic carbocycles. The molecule has 0 aliphatic rings. The molecule has 0 fully saturated rings. The summed E-state index contributed by atoms with van der Waals surface area (Å²) in [6.07, 6.45) is -1.31. The van der Waals surface area contributed by atoms with E-state index >= 15 is 0 Å². The molecular formula is C16H16O5. The quantitative estimate of drug-likeness (QED) is 0.825. The lowest BCUT2D eigenvalue weighted by Gasteiger charge is -2.11. The second-order valence-corrected chi connectivity index (χ2v) is 4.43. The van der Waals surface area contributed by atoms with Gasteiger partial charge in [0.1, 0.15) is 6.61 Å². The molecule has 0 aromatic heterocycles. The Labute approximate surface area is 122 Å². The fraction of sp³-hybridized carbons (Fsp3) is 0.188. The van der Waals surface area contributed by atoms with Crippen LogP contribution >= 0.6 is 0 Å². The first-order valence-electron chi connectivity index (χ1n) is 6.37. The molecule has 0 saturated carbocycles. The zero-order chi connectivity index (χ0) is 15.2. The van der Waals surface area contributed by atoms with Gasteiger partial charge in [0.2, 0.25) is 0 Å². The number of aliphatic hydroxyl groups is 1. The zero-order valence-electron chi connectivity index (χ0n) is 11.5. The van der Waals surface area contributed by atoms with Gasteiger partial charge in [-0.3, -0.25) is 0 Å². The monoisotopic (exact) mass is 288 g/mol. The van der Waals surface area contributed by atoms with Crippen LogP contribution in [0, 0.1) is 0 Å². The minimum absolute atomic E-state index is 0.0110. The molecule has 0 unspecified atom stereocenters. The van der Waals surface area contributed by atoms with Gasteiger partial charge in [0.15, 0.2) is 17.6 Å². The number of hydrogen-bond acceptors (Lipinski definition) is 5. The third-order valence-corrected chi connectivity index (χ3v) is 2.96. The van der Waals surface area contributed by atoms with Crippen LogP contribution in [0.15, 0.2) is 48.5 Å². The molecule has 21 heavy (non-hydrogen) atoms. The summed E-state index contributed by atoms with van der Waals surface area (Å²) in [5, 5.41) is 19.3. The highest BCUT2D eigenvalue weighted by molar-refractivity contribution is 5.76. The van der Waals surface area contributed by atoms with E-state index in [9.17, 15) is 15.0 Å². The number of phenolic OH excluding ortho intramolecular Hbond substituents is 1. The predicted octanol–water partition coefficient (Wildman–Crippen LogP) is 2.18. The maximum Gasteiger partial charge on any atom is 0.339 e. The van der Waals surface area contributed by atoms with Gasteiger partial charge in [0.25, 0.3) is 0 Å². The predicted molar refractivity (Wildman–Crippen MR) is 75.9 cm³/mol. The van der Waals surface area contributed by atoms with Gasteiger partial charge in [-0.15, -0.1) is 0 Å². The van der Waals surface area contributed by atoms with Crippen molar-refractivity contribution in [2.24, 2.45) is 0 Å². The number of carbonyl (C=O) groups excluding carboxylic acids is 1. The molecule has 0 aliphatic carbocycles. The normalized spacial score (nSPS) is 11.7. The Hall–Kier alpha value is -2.53. The van der Waals surface area contributed by atoms with Gasteiger partial charge in [0.05, 0.1) is 7.11 Å². The minimum Gasteiger partial charge on any atom is -0.504 e. The van der Waals surface area contributed by atoms with Crippen LogP contribution in [-0.4, -0.2) is 23.3 Å². The molecule has 0 bridgehead atoms. The molecule has 2 rings (SSSR count). The standard InChI is InChI=1S/C16H16O5/c1-20-14-9-11(7-8-13(14)17)10-21-16(19)15(18)12-5-3-2-4-6-12/h2-9,15,17-18H,10H2,1H3/t15-/m1/s1. The van der Waals surface area contributed by atoms with Crippen LogP contribution in [-0.2, 0) is 16.1 Å². The van der Waals surface area contributed by atoms with Crippen molar-refractivity contribution in [2.75, 3.05) is 7.11 Å². The van der Waals surface area contributed by atoms with Crippen molar-refractivity contribution in [1.29, 1.82) is 0 Å². The van der Waals surface area contributed by atoms with E-state index in [4.69, 9.17) is 9.47 Å². The number of benzene rings is 2. The Kier molecular flexibility index (Phi) is 4.79. The highest BCUT2D eigenvalue weighted by atomic mass is 16.5. The SMILES string of the molecule is COc1cc(COC(=O)[C@H](O)c2ccccc2)ccc1O. The van der Waals surface area contributed by atoms with E-state index in [1.807, 2.05) is 0 Å². The average molecular weight is 288 g/mol. The summed E-state index contributed by atoms with van der Waals surface area (Å²) in [6, 6.07) is 13.2. The third-order valence-electron chi connectivity index (χ3n) is 2.96. The Morgan fingerprint density at radius 1 is 1.19 bits per heavy atom. The van der Waals surface area contributed by atoms with E-state index in [0.717, 1.165) is 0 Å². The van der Waals surface area contributed by atoms with E-state index in [1.165, 1.54) is 13.2 Å². The highest BCUT2D eigenvalue weighted by Crippen LogP contribution is 2.26. The molecule has 0 radical (unpaired) electrons. The summed E-state index contributed by atoms with van der Waals surface area (Å²) in [4.78, 5) is 11.8. The van der Waals surface area contributed by atoms with E-state index in [2.05, 4.69) is 0 Å². The summed E-state index contributed by atoms with van der Waals surface area (Å²) in [5.74, 6) is -0.419. The maximum atomic E-state index is 11.8. The van der Waals surface area contributed by atoms with Crippen molar-refractivity contribution in [3.63, 3.8) is 0 Å². The molecule has 2 N–H and O–H groups in total. The fourth-order valence-corrected chi connectivity index (χ4v) is 1.82. The first-order valence-corrected chi connectivity index (χ1v) is 6.37. The number of phenols is 1. The van der Waals surface area contributed by atoms with Crippen molar-refractivity contribution >= 4 is 5.97 Å². The minimum atomic E-state index is -1.31. The molecule has 5 nitrogen and oxygen atoms in total. The number of methoxy groups -OCH3 is 1. The second-order valence-electron chi connectivity index (χ2n) is 4.43. The molecule has 0 aliphatic heterocycles. The molecule has 0 spiro atoms. The Bertz CT molecular complexity index is 609. The van der Waals surface area contributed by atoms with Crippen LogP contribution < -0.4 is 4.74 Å². The first kappa shape index (κ1) is 14.9. The van der Waals surface area contributed by atoms with Gasteiger partial charge in [-0.1, -0.05) is 36.4 Å². The molecule has 0 saturated heterocycles. The van der Waals surface area contributed by atoms with Gasteiger partial charge >= 0.3 is 5.97 Å². The summed E-state index contributed by atoms with van der Waals surface area (Å²) in [6.45, 7) is -0.0145. The number of aromatic hydroxyl groups is 1. The lowest BCUT2D eigenvalue weighted by Crippen LogP contribution is -2.15. The van der Waals surface area contributed by atoms with Crippen LogP contribution in [0.5, 0.6) is 11.5 Å². The molecule has 1 atom stereocenters. The molecule has 0 amide bonds. The number of carbonyl (C=O) groups is 1. The van der Waals surface area contributed by atoms with Crippen LogP contribution in [0.25, 0.3) is 0 Å². The molecule has 5 heteroatoms. The topological polar surface area (TPSA) is 76.0 Å². The second kappa shape index (κ2) is 6.76. The Balaban J connectivity index is 1.98. The van der Waals surface area contributed by atoms with Crippen molar-refractivity contribution in [1.82, 2.24) is 0 Å². The van der Waals surface area contributed by atoms with Crippen LogP contribution in [0.3, 0.4) is 0 Å². The van der Waals surface area contributed by atoms with Gasteiger partial charge in [-0.05, 0) is 23.3 Å². The number of esters is 1. The van der Waals surface area contributed by atoms with E-state index < -0.39 is 12.1 Å². The number of hydrogen-bond donors (Lipinski definition) is 2. The molecule has 0 heterocycles. The van der Waals surface area contributed by atoms with Crippen molar-refractivity contribution in [2.45, 2.75) is 12.7 Å². The first-order chi connectivity index (χ1) is 10.1. The Morgan fingerprint density at radius 3 is 2.57 bits per heavy atom. The Morgan fingerprint density at radius 2 is 1.90 bits per heavy atom. The summed E-state index contributed by atoms with van der Waals surface area (Å²) in [7, 11) is 1.43. The number of ether oxygens (including phenoxy) is 2. The number of rotatable bonds is 5. The van der Waals surface area contributed by atoms with Crippen molar-refractivity contribution in [3.8, 4) is 11.5 Å². The van der Waals surface area contributed by atoms with Gasteiger partial charge in [0, 0.05) is 0 Å². The van der Waals surface area contributed by atoms with Gasteiger partial charge in [-0.25, -0.2) is 4.79 Å². The number of aliphatic hydroxyl groups excluding tert-OH is 1. The molecule has 2 aromatic rings. The third kappa shape index (κ3) is 3.73. The van der Waals surface area contributed by atoms with Gasteiger partial charge in [-0.2, -0.15) is 0 Å². The molecular weight excluding hydrogens is 272 g/mol. The highest BCUT2D eigenvalue weighted by Gasteiger charge is 2.18. The summed E-state index contributed by atoms with van der Waals surface area (Å²) < 4.78 is 10.0. The van der Waals surface area contributed by atoms with Crippen LogP contribution in [0.4, 0.5) is 0 Å². The lowest BCUT2D eigenvalue weighted by atomic mass is 10.1. The average Bonchev–Trinajstić information content (AvgIpc) is 2.53. The molecule has 110 valence electrons. The smallest absolute Gasteiger partial charge is 0.339 e. The van der Waals surface area contributed by atoms with E-state index in [-0.39, 0.29) is 12.4 Å². The van der Waals surface area contributed by atoms with Gasteiger partial charge < -0.3 is 19.7 Å². The zero-order valence-corrected chi connectivity index (χ0v) is 11.5. The van der Waals surface area contributed by atoms with Crippen LogP contribution in [0.1, 0.15) is 17.2 Å². The largest absolute Gasteiger partial charge is 0.504 e. The lowest BCUT2D eigenvalue weighted by molar-refractivity contribution is -0.155. The van der Waals surface area contributed by atoms with Crippen molar-refractivity contribution < 1.29 is 24.5 Å². The van der Waals surface area contributed by atoms with Crippen molar-refractivity contribution in [3.05, 3.63) is 59.7 Å². The summed E-state index contributed by atoms with van der Waals surface area (Å²) >= 11 is 0. The van der Waals surface area contributed by atoms with E-state index in [1.54, 1.807) is 42.5 Å². The van der Waals surface area contributed by atoms with E-state index in [0.29, 0.717) is 16.9 Å². The summed E-state index contributed by atoms with van der Waals surface area (Å²) in [5.41, 5.74) is 1.13. The maximum absolute atomic E-state index is 11.8. The van der Waals surface area contributed by atoms with Crippen LogP contribution in [0.2, 0.25) is 0 Å². The fourth-order valence-electron chi connectivity index (χ4n) is 1.82.